The van der Waals surface area contributed by atoms with Crippen molar-refractivity contribution in [1.29, 1.82) is 0 Å². The molecule has 0 aliphatic carbocycles. The number of rotatable bonds is 4. The topological polar surface area (TPSA) is 49.8 Å². The molecule has 4 nitrogen and oxygen atoms in total. The van der Waals surface area contributed by atoms with E-state index in [0.29, 0.717) is 6.54 Å². The maximum atomic E-state index is 12.1. The number of nitrogens with zero attached hydrogens (tertiary/aromatic N) is 1. The van der Waals surface area contributed by atoms with Gasteiger partial charge in [-0.2, -0.15) is 0 Å². The van der Waals surface area contributed by atoms with Crippen LogP contribution in [0, 0.1) is 0 Å². The van der Waals surface area contributed by atoms with E-state index in [2.05, 4.69) is 0 Å². The molecule has 1 aliphatic rings. The van der Waals surface area contributed by atoms with E-state index in [9.17, 15) is 9.90 Å². The van der Waals surface area contributed by atoms with Crippen molar-refractivity contribution in [2.75, 3.05) is 6.61 Å². The van der Waals surface area contributed by atoms with Crippen molar-refractivity contribution in [3.05, 3.63) is 71.8 Å². The summed E-state index contributed by atoms with van der Waals surface area (Å²) < 4.78 is 5.46. The lowest BCUT2D eigenvalue weighted by molar-refractivity contribution is 0.117. The maximum Gasteiger partial charge on any atom is 0.411 e. The lowest BCUT2D eigenvalue weighted by Crippen LogP contribution is -2.36. The second-order valence-electron chi connectivity index (χ2n) is 5.08. The molecule has 1 heterocycles. The summed E-state index contributed by atoms with van der Waals surface area (Å²) in [7, 11) is 0. The Balaban J connectivity index is 1.83. The molecule has 0 radical (unpaired) electrons. The molecule has 0 spiro atoms. The van der Waals surface area contributed by atoms with Crippen LogP contribution in [0.25, 0.3) is 0 Å². The van der Waals surface area contributed by atoms with Crippen LogP contribution in [0.5, 0.6) is 0 Å². The molecule has 2 atom stereocenters. The largest absolute Gasteiger partial charge is 0.439 e. The number of carbonyl (C=O) groups excluding carboxylic acids is 1. The average Bonchev–Trinajstić information content (AvgIpc) is 2.85. The molecule has 4 heteroatoms. The zero-order chi connectivity index (χ0) is 14.7. The zero-order valence-corrected chi connectivity index (χ0v) is 11.6. The molecular formula is C17H17NO3. The molecule has 108 valence electrons. The zero-order valence-electron chi connectivity index (χ0n) is 11.6. The summed E-state index contributed by atoms with van der Waals surface area (Å²) in [6, 6.07) is 18.9. The van der Waals surface area contributed by atoms with Gasteiger partial charge in [0.05, 0.1) is 12.6 Å². The van der Waals surface area contributed by atoms with Crippen LogP contribution >= 0.6 is 0 Å². The van der Waals surface area contributed by atoms with E-state index in [0.717, 1.165) is 11.1 Å². The van der Waals surface area contributed by atoms with Gasteiger partial charge >= 0.3 is 6.09 Å². The Hall–Kier alpha value is -2.33. The minimum Gasteiger partial charge on any atom is -0.439 e. The van der Waals surface area contributed by atoms with Gasteiger partial charge in [0.15, 0.2) is 6.10 Å². The lowest BCUT2D eigenvalue weighted by atomic mass is 10.0. The van der Waals surface area contributed by atoms with Crippen molar-refractivity contribution in [2.45, 2.75) is 18.7 Å². The van der Waals surface area contributed by atoms with Crippen molar-refractivity contribution < 1.29 is 14.6 Å². The summed E-state index contributed by atoms with van der Waals surface area (Å²) >= 11 is 0. The number of ether oxygens (including phenoxy) is 1. The maximum absolute atomic E-state index is 12.1. The second-order valence-corrected chi connectivity index (χ2v) is 5.08. The van der Waals surface area contributed by atoms with Gasteiger partial charge in [0, 0.05) is 6.54 Å². The normalized spacial score (nSPS) is 21.4. The highest BCUT2D eigenvalue weighted by molar-refractivity contribution is 5.71. The molecule has 1 amide bonds. The van der Waals surface area contributed by atoms with Crippen molar-refractivity contribution in [3.8, 4) is 0 Å². The van der Waals surface area contributed by atoms with Crippen molar-refractivity contribution in [2.24, 2.45) is 0 Å². The first-order valence-corrected chi connectivity index (χ1v) is 6.96. The molecule has 0 bridgehead atoms. The van der Waals surface area contributed by atoms with E-state index in [1.807, 2.05) is 60.7 Å². The fourth-order valence-electron chi connectivity index (χ4n) is 2.64. The van der Waals surface area contributed by atoms with Crippen LogP contribution in [0.3, 0.4) is 0 Å². The van der Waals surface area contributed by atoms with Crippen LogP contribution in [-0.2, 0) is 11.3 Å². The average molecular weight is 283 g/mol. The van der Waals surface area contributed by atoms with E-state index >= 15 is 0 Å². The number of hydrogen-bond acceptors (Lipinski definition) is 3. The highest BCUT2D eigenvalue weighted by Gasteiger charge is 2.41. The summed E-state index contributed by atoms with van der Waals surface area (Å²) in [5.74, 6) is 0. The van der Waals surface area contributed by atoms with Crippen LogP contribution in [0.2, 0.25) is 0 Å². The van der Waals surface area contributed by atoms with Crippen molar-refractivity contribution in [1.82, 2.24) is 4.90 Å². The first-order chi connectivity index (χ1) is 10.3. The Kier molecular flexibility index (Phi) is 3.88. The third-order valence-electron chi connectivity index (χ3n) is 3.72. The number of cyclic esters (lactones) is 1. The second kappa shape index (κ2) is 5.97. The molecular weight excluding hydrogens is 266 g/mol. The molecule has 3 rings (SSSR count). The highest BCUT2D eigenvalue weighted by atomic mass is 16.6. The standard InChI is InChI=1S/C17H17NO3/c19-12-15-16(14-9-5-2-6-10-14)21-17(20)18(15)11-13-7-3-1-4-8-13/h1-10,15-16,19H,11-12H2/t15-,16-/m1/s1. The number of aliphatic hydroxyl groups is 1. The molecule has 2 aromatic carbocycles. The van der Waals surface area contributed by atoms with Gasteiger partial charge in [-0.1, -0.05) is 60.7 Å². The Morgan fingerprint density at radius 3 is 2.24 bits per heavy atom. The summed E-state index contributed by atoms with van der Waals surface area (Å²) in [5, 5.41) is 9.69. The molecule has 1 saturated heterocycles. The fourth-order valence-corrected chi connectivity index (χ4v) is 2.64. The van der Waals surface area contributed by atoms with Crippen LogP contribution in [0.4, 0.5) is 4.79 Å². The first kappa shape index (κ1) is 13.6. The van der Waals surface area contributed by atoms with Gasteiger partial charge < -0.3 is 9.84 Å². The SMILES string of the molecule is O=C1O[C@H](c2ccccc2)[C@@H](CO)N1Cc1ccccc1. The number of benzene rings is 2. The van der Waals surface area contributed by atoms with Gasteiger partial charge in [0.1, 0.15) is 0 Å². The fraction of sp³-hybridized carbons (Fsp3) is 0.235. The van der Waals surface area contributed by atoms with Gasteiger partial charge in [-0.05, 0) is 11.1 Å². The van der Waals surface area contributed by atoms with Gasteiger partial charge in [-0.25, -0.2) is 4.79 Å². The summed E-state index contributed by atoms with van der Waals surface area (Å²) in [4.78, 5) is 13.7. The summed E-state index contributed by atoms with van der Waals surface area (Å²) in [5.41, 5.74) is 1.92. The van der Waals surface area contributed by atoms with Gasteiger partial charge in [0.25, 0.3) is 0 Å². The van der Waals surface area contributed by atoms with Gasteiger partial charge in [-0.15, -0.1) is 0 Å². The molecule has 0 aromatic heterocycles. The highest BCUT2D eigenvalue weighted by Crippen LogP contribution is 2.33. The van der Waals surface area contributed by atoms with Crippen LogP contribution < -0.4 is 0 Å². The molecule has 21 heavy (non-hydrogen) atoms. The molecule has 1 fully saturated rings. The first-order valence-electron chi connectivity index (χ1n) is 6.96. The Bertz CT molecular complexity index is 600. The number of carbonyl (C=O) groups is 1. The van der Waals surface area contributed by atoms with Gasteiger partial charge in [-0.3, -0.25) is 4.90 Å². The van der Waals surface area contributed by atoms with Crippen molar-refractivity contribution in [3.63, 3.8) is 0 Å². The summed E-state index contributed by atoms with van der Waals surface area (Å²) in [6.07, 6.45) is -0.806. The molecule has 0 saturated carbocycles. The number of hydrogen-bond donors (Lipinski definition) is 1. The molecule has 1 aliphatic heterocycles. The lowest BCUT2D eigenvalue weighted by Gasteiger charge is -2.22. The Labute approximate surface area is 123 Å². The van der Waals surface area contributed by atoms with E-state index in [1.54, 1.807) is 4.90 Å². The number of aliphatic hydroxyl groups excluding tert-OH is 1. The predicted molar refractivity (Wildman–Crippen MR) is 78.5 cm³/mol. The Morgan fingerprint density at radius 2 is 1.62 bits per heavy atom. The Morgan fingerprint density at radius 1 is 1.00 bits per heavy atom. The van der Waals surface area contributed by atoms with E-state index in [-0.39, 0.29) is 18.7 Å². The van der Waals surface area contributed by atoms with Gasteiger partial charge in [0.2, 0.25) is 0 Å². The quantitative estimate of drug-likeness (QED) is 0.938. The minimum atomic E-state index is -0.424. The van der Waals surface area contributed by atoms with Crippen LogP contribution in [0.15, 0.2) is 60.7 Å². The smallest absolute Gasteiger partial charge is 0.411 e. The van der Waals surface area contributed by atoms with E-state index in [4.69, 9.17) is 4.74 Å². The van der Waals surface area contributed by atoms with Crippen LogP contribution in [0.1, 0.15) is 17.2 Å². The monoisotopic (exact) mass is 283 g/mol. The molecule has 0 unspecified atom stereocenters. The van der Waals surface area contributed by atoms with E-state index < -0.39 is 6.10 Å². The predicted octanol–water partition coefficient (Wildman–Crippen LogP) is 2.74. The third kappa shape index (κ3) is 2.76. The van der Waals surface area contributed by atoms with Crippen LogP contribution in [-0.4, -0.2) is 28.7 Å². The molecule has 2 aromatic rings. The minimum absolute atomic E-state index is 0.127. The number of amides is 1. The van der Waals surface area contributed by atoms with E-state index in [1.165, 1.54) is 0 Å². The third-order valence-corrected chi connectivity index (χ3v) is 3.72. The molecule has 1 N–H and O–H groups in total. The van der Waals surface area contributed by atoms with Crippen molar-refractivity contribution >= 4 is 6.09 Å². The summed E-state index contributed by atoms with van der Waals surface area (Å²) in [6.45, 7) is 0.312.